The van der Waals surface area contributed by atoms with Gasteiger partial charge in [0.05, 0.1) is 0 Å². The zero-order valence-corrected chi connectivity index (χ0v) is 8.04. The van der Waals surface area contributed by atoms with Crippen LogP contribution >= 0.6 is 0 Å². The van der Waals surface area contributed by atoms with Crippen molar-refractivity contribution in [1.82, 2.24) is 0 Å². The SMILES string of the molecule is COB(O)OC.Oc1ccccc1O.[NaH]. The van der Waals surface area contributed by atoms with Crippen molar-refractivity contribution < 1.29 is 24.5 Å². The molecular weight excluding hydrogens is 210 g/mol. The van der Waals surface area contributed by atoms with Gasteiger partial charge in [0.1, 0.15) is 0 Å². The van der Waals surface area contributed by atoms with Gasteiger partial charge >= 0.3 is 36.9 Å². The van der Waals surface area contributed by atoms with E-state index in [2.05, 4.69) is 9.31 Å². The second kappa shape index (κ2) is 10.3. The summed E-state index contributed by atoms with van der Waals surface area (Å²) in [5.41, 5.74) is 0. The Morgan fingerprint density at radius 1 is 1.00 bits per heavy atom. The molecule has 0 aromatic heterocycles. The molecule has 0 amide bonds. The van der Waals surface area contributed by atoms with Gasteiger partial charge < -0.3 is 24.5 Å². The standard InChI is InChI=1S/C6H6O2.C2H7BO3.Na.H/c7-5-3-1-2-4-6(5)8;1-5-3(4)6-2;;/h1-4,7-8H;4H,1-2H3;;. The molecule has 0 saturated carbocycles. The van der Waals surface area contributed by atoms with Gasteiger partial charge in [0.25, 0.3) is 0 Å². The van der Waals surface area contributed by atoms with E-state index in [1.807, 2.05) is 0 Å². The zero-order valence-electron chi connectivity index (χ0n) is 8.04. The molecule has 3 N–H and O–H groups in total. The molecule has 0 atom stereocenters. The number of hydrogen-bond acceptors (Lipinski definition) is 5. The third-order valence-corrected chi connectivity index (χ3v) is 1.29. The minimum atomic E-state index is -1.06. The Morgan fingerprint density at radius 2 is 1.33 bits per heavy atom. The molecule has 5 nitrogen and oxygen atoms in total. The first kappa shape index (κ1) is 17.2. The topological polar surface area (TPSA) is 79.2 Å². The van der Waals surface area contributed by atoms with Gasteiger partial charge in [-0.05, 0) is 12.1 Å². The van der Waals surface area contributed by atoms with Crippen molar-refractivity contribution >= 4 is 36.9 Å². The number of aromatic hydroxyl groups is 2. The van der Waals surface area contributed by atoms with E-state index in [1.54, 1.807) is 12.1 Å². The van der Waals surface area contributed by atoms with E-state index >= 15 is 0 Å². The first-order valence-electron chi connectivity index (χ1n) is 3.82. The molecule has 7 heteroatoms. The molecule has 1 aromatic carbocycles. The van der Waals surface area contributed by atoms with Crippen molar-refractivity contribution in [1.29, 1.82) is 0 Å². The number of para-hydroxylation sites is 2. The first-order valence-corrected chi connectivity index (χ1v) is 3.82. The van der Waals surface area contributed by atoms with Gasteiger partial charge in [-0.25, -0.2) is 0 Å². The van der Waals surface area contributed by atoms with E-state index in [0.29, 0.717) is 0 Å². The molecule has 0 bridgehead atoms. The summed E-state index contributed by atoms with van der Waals surface area (Å²) in [7, 11) is 1.65. The summed E-state index contributed by atoms with van der Waals surface area (Å²) in [6.07, 6.45) is 0. The van der Waals surface area contributed by atoms with Gasteiger partial charge in [0.15, 0.2) is 11.5 Å². The molecule has 80 valence electrons. The molecule has 0 aliphatic heterocycles. The van der Waals surface area contributed by atoms with Crippen LogP contribution in [0.3, 0.4) is 0 Å². The Bertz CT molecular complexity index is 236. The third-order valence-electron chi connectivity index (χ3n) is 1.29. The Hall–Kier alpha value is -0.235. The predicted octanol–water partition coefficient (Wildman–Crippen LogP) is -0.294. The Kier molecular flexibility index (Phi) is 11.8. The number of phenolic OH excluding ortho intramolecular Hbond substituents is 2. The summed E-state index contributed by atoms with van der Waals surface area (Å²) in [6, 6.07) is 6.15. The number of hydrogen-bond donors (Lipinski definition) is 3. The Balaban J connectivity index is 0. The molecule has 0 aliphatic carbocycles. The summed E-state index contributed by atoms with van der Waals surface area (Å²) in [4.78, 5) is 0. The van der Waals surface area contributed by atoms with Crippen LogP contribution < -0.4 is 0 Å². The minimum absolute atomic E-state index is 0. The first-order chi connectivity index (χ1) is 6.61. The maximum absolute atomic E-state index is 8.67. The van der Waals surface area contributed by atoms with Crippen LogP contribution in [0.15, 0.2) is 24.3 Å². The zero-order chi connectivity index (χ0) is 11.0. The summed E-state index contributed by atoms with van der Waals surface area (Å²) in [5, 5.41) is 25.6. The molecule has 0 saturated heterocycles. The predicted molar refractivity (Wildman–Crippen MR) is 58.9 cm³/mol. The monoisotopic (exact) mass is 224 g/mol. The molecule has 0 aliphatic rings. The molecule has 0 spiro atoms. The third kappa shape index (κ3) is 8.74. The molecule has 0 radical (unpaired) electrons. The van der Waals surface area contributed by atoms with Crippen LogP contribution in [0, 0.1) is 0 Å². The Morgan fingerprint density at radius 3 is 1.47 bits per heavy atom. The average Bonchev–Trinajstić information content (AvgIpc) is 2.22. The van der Waals surface area contributed by atoms with Gasteiger partial charge in [0, 0.05) is 14.2 Å². The fraction of sp³-hybridized carbons (Fsp3) is 0.250. The van der Waals surface area contributed by atoms with E-state index in [1.165, 1.54) is 26.4 Å². The number of benzene rings is 1. The van der Waals surface area contributed by atoms with Crippen molar-refractivity contribution in [3.05, 3.63) is 24.3 Å². The van der Waals surface area contributed by atoms with E-state index in [4.69, 9.17) is 15.2 Å². The van der Waals surface area contributed by atoms with Gasteiger partial charge in [-0.1, -0.05) is 12.1 Å². The van der Waals surface area contributed by atoms with Crippen LogP contribution in [0.25, 0.3) is 0 Å². The molecule has 0 fully saturated rings. The number of rotatable bonds is 2. The van der Waals surface area contributed by atoms with Gasteiger partial charge in [0.2, 0.25) is 0 Å². The van der Waals surface area contributed by atoms with E-state index in [0.717, 1.165) is 0 Å². The number of phenols is 2. The van der Waals surface area contributed by atoms with Crippen molar-refractivity contribution in [3.63, 3.8) is 0 Å². The second-order valence-corrected chi connectivity index (χ2v) is 2.27. The van der Waals surface area contributed by atoms with Gasteiger partial charge in [-0.3, -0.25) is 0 Å². The Labute approximate surface area is 111 Å². The van der Waals surface area contributed by atoms with Crippen LogP contribution in [0.5, 0.6) is 11.5 Å². The fourth-order valence-electron chi connectivity index (χ4n) is 0.560. The van der Waals surface area contributed by atoms with Gasteiger partial charge in [-0.15, -0.1) is 0 Å². The molecule has 0 heterocycles. The van der Waals surface area contributed by atoms with E-state index < -0.39 is 7.32 Å². The van der Waals surface area contributed by atoms with Gasteiger partial charge in [-0.2, -0.15) is 0 Å². The fourth-order valence-corrected chi connectivity index (χ4v) is 0.560. The van der Waals surface area contributed by atoms with Crippen LogP contribution in [-0.4, -0.2) is 66.3 Å². The van der Waals surface area contributed by atoms with Crippen LogP contribution in [0.4, 0.5) is 0 Å². The maximum atomic E-state index is 8.67. The molecule has 1 aromatic rings. The summed E-state index contributed by atoms with van der Waals surface area (Å²) >= 11 is 0. The molecular formula is C8H14BNaO5. The van der Waals surface area contributed by atoms with Crippen LogP contribution in [0.2, 0.25) is 0 Å². The van der Waals surface area contributed by atoms with E-state index in [9.17, 15) is 0 Å². The normalized spacial score (nSPS) is 8.20. The van der Waals surface area contributed by atoms with Crippen molar-refractivity contribution in [2.75, 3.05) is 14.2 Å². The summed E-state index contributed by atoms with van der Waals surface area (Å²) in [5.74, 6) is -0.153. The van der Waals surface area contributed by atoms with Crippen molar-refractivity contribution in [3.8, 4) is 11.5 Å². The summed E-state index contributed by atoms with van der Waals surface area (Å²) < 4.78 is 8.47. The van der Waals surface area contributed by atoms with Crippen molar-refractivity contribution in [2.45, 2.75) is 0 Å². The van der Waals surface area contributed by atoms with E-state index in [-0.39, 0.29) is 41.1 Å². The van der Waals surface area contributed by atoms with Crippen molar-refractivity contribution in [2.24, 2.45) is 0 Å². The van der Waals surface area contributed by atoms with Crippen LogP contribution in [-0.2, 0) is 9.31 Å². The van der Waals surface area contributed by atoms with Crippen LogP contribution in [0.1, 0.15) is 0 Å². The molecule has 1 rings (SSSR count). The second-order valence-electron chi connectivity index (χ2n) is 2.27. The average molecular weight is 224 g/mol. The molecule has 0 unspecified atom stereocenters. The molecule has 15 heavy (non-hydrogen) atoms. The quantitative estimate of drug-likeness (QED) is 0.475. The summed E-state index contributed by atoms with van der Waals surface area (Å²) in [6.45, 7) is 0.